The molecule has 0 bridgehead atoms. The summed E-state index contributed by atoms with van der Waals surface area (Å²) in [6, 6.07) is 32.7. The quantitative estimate of drug-likeness (QED) is 0.125. The van der Waals surface area contributed by atoms with E-state index in [0.29, 0.717) is 17.7 Å². The van der Waals surface area contributed by atoms with E-state index in [-0.39, 0.29) is 29.6 Å². The van der Waals surface area contributed by atoms with Gasteiger partial charge >= 0.3 is 11.4 Å². The molecule has 446 valence electrons. The average Bonchev–Trinajstić information content (AvgIpc) is 1.38. The maximum Gasteiger partial charge on any atom is 0.342 e. The number of methoxy groups -OCH3 is 1. The summed E-state index contributed by atoms with van der Waals surface area (Å²) in [5, 5.41) is 12.6. The number of piperidine rings is 3. The van der Waals surface area contributed by atoms with E-state index in [2.05, 4.69) is 117 Å². The van der Waals surface area contributed by atoms with Gasteiger partial charge in [0.2, 0.25) is 11.8 Å². The van der Waals surface area contributed by atoms with Gasteiger partial charge in [0.15, 0.2) is 17.5 Å². The number of benzene rings is 3. The summed E-state index contributed by atoms with van der Waals surface area (Å²) in [6.45, 7) is 16.4. The van der Waals surface area contributed by atoms with Crippen LogP contribution in [-0.4, -0.2) is 135 Å². The summed E-state index contributed by atoms with van der Waals surface area (Å²) in [5.74, 6) is 7.39. The van der Waals surface area contributed by atoms with Gasteiger partial charge < -0.3 is 34.1 Å². The van der Waals surface area contributed by atoms with Crippen LogP contribution in [0.1, 0.15) is 90.1 Å². The van der Waals surface area contributed by atoms with Crippen LogP contribution in [0.2, 0.25) is 0 Å². The average molecular weight is 1180 g/mol. The van der Waals surface area contributed by atoms with Crippen LogP contribution in [0.4, 0.5) is 46.4 Å². The van der Waals surface area contributed by atoms with Crippen molar-refractivity contribution in [2.45, 2.75) is 77.0 Å². The second-order valence-corrected chi connectivity index (χ2v) is 25.1. The standard InChI is InChI=1S/C69H71N19O/c1-43-5-9-55-44(2)31-60(79-58(55)29-43)86-37-50(38-86)61-65(74-20-17-71-61)84-25-13-47(14-26-84)35-77-53-7-6-49-30-45(3)64(80-57(49)32-53)87-39-51(40-87)62-66(75-21-18-72-62)85-27-15-48(16-28-85)36-78-54-8-10-56-59(33-54)81-69(82-68(56)89-4)88-41-52(42-88)63-67(76-22-19-73-63)83-23-11-46(34-70)12-24-83/h5-10,17-22,29-33,46-48,50-52H,11-16,23-28,37-42H2,1-4H3/q+2. The van der Waals surface area contributed by atoms with Crippen LogP contribution in [-0.2, 0) is 0 Å². The number of hydrogen-bond donors (Lipinski definition) is 0. The van der Waals surface area contributed by atoms with Crippen LogP contribution < -0.4 is 34.1 Å². The number of aryl methyl sites for hydroxylation is 3. The van der Waals surface area contributed by atoms with Crippen molar-refractivity contribution in [2.24, 2.45) is 17.8 Å². The molecule has 12 heterocycles. The number of nitriles is 1. The van der Waals surface area contributed by atoms with Crippen molar-refractivity contribution in [1.82, 2.24) is 49.8 Å². The predicted octanol–water partition coefficient (Wildman–Crippen LogP) is 11.3. The van der Waals surface area contributed by atoms with Gasteiger partial charge in [-0.15, -0.1) is 0 Å². The number of pyridine rings is 2. The highest BCUT2D eigenvalue weighted by Gasteiger charge is 2.39. The summed E-state index contributed by atoms with van der Waals surface area (Å²) in [6.07, 6.45) is 16.2. The molecule has 6 saturated heterocycles. The molecule has 0 amide bonds. The second-order valence-electron chi connectivity index (χ2n) is 25.1. The van der Waals surface area contributed by atoms with E-state index in [1.54, 1.807) is 19.5 Å². The summed E-state index contributed by atoms with van der Waals surface area (Å²) in [4.78, 5) is 73.1. The molecule has 6 aliphatic heterocycles. The van der Waals surface area contributed by atoms with Crippen molar-refractivity contribution < 1.29 is 4.74 Å². The van der Waals surface area contributed by atoms with Crippen LogP contribution in [0.5, 0.6) is 5.88 Å². The molecular weight excluding hydrogens is 1110 g/mol. The molecule has 0 unspecified atom stereocenters. The number of anilines is 6. The smallest absolute Gasteiger partial charge is 0.342 e. The molecule has 6 fully saturated rings. The van der Waals surface area contributed by atoms with Gasteiger partial charge in [0.25, 0.3) is 12.1 Å². The van der Waals surface area contributed by atoms with E-state index < -0.39 is 0 Å². The van der Waals surface area contributed by atoms with Crippen LogP contribution in [0.3, 0.4) is 0 Å². The molecule has 6 aromatic heterocycles. The van der Waals surface area contributed by atoms with E-state index in [1.807, 2.05) is 43.0 Å². The van der Waals surface area contributed by atoms with Crippen LogP contribution in [0.25, 0.3) is 42.4 Å². The lowest BCUT2D eigenvalue weighted by Crippen LogP contribution is -2.47. The Kier molecular flexibility index (Phi) is 14.8. The van der Waals surface area contributed by atoms with E-state index >= 15 is 0 Å². The summed E-state index contributed by atoms with van der Waals surface area (Å²) in [7, 11) is 1.65. The minimum Gasteiger partial charge on any atom is -0.480 e. The van der Waals surface area contributed by atoms with Gasteiger partial charge in [-0.05, 0) is 116 Å². The van der Waals surface area contributed by atoms with Crippen molar-refractivity contribution in [3.8, 4) is 24.1 Å². The summed E-state index contributed by atoms with van der Waals surface area (Å²) < 4.78 is 5.79. The Morgan fingerprint density at radius 1 is 0.449 bits per heavy atom. The molecular formula is C69H71N19O+2. The normalized spacial score (nSPS) is 18.1. The molecule has 15 rings (SSSR count). The minimum absolute atomic E-state index is 0.107. The van der Waals surface area contributed by atoms with Gasteiger partial charge in [-0.3, -0.25) is 15.0 Å². The molecule has 89 heavy (non-hydrogen) atoms. The van der Waals surface area contributed by atoms with Crippen LogP contribution >= 0.6 is 0 Å². The van der Waals surface area contributed by atoms with Gasteiger partial charge in [0, 0.05) is 162 Å². The topological polar surface area (TPSA) is 190 Å². The molecule has 0 spiro atoms. The number of rotatable bonds is 10. The zero-order valence-electron chi connectivity index (χ0n) is 50.9. The first kappa shape index (κ1) is 55.7. The number of hydrogen-bond acceptors (Lipinski definition) is 18. The Morgan fingerprint density at radius 3 is 1.51 bits per heavy atom. The number of ether oxygens (including phenoxy) is 1. The number of fused-ring (bicyclic) bond motifs is 3. The Hall–Kier alpha value is -9.87. The van der Waals surface area contributed by atoms with Crippen molar-refractivity contribution in [2.75, 3.05) is 115 Å². The second kappa shape index (κ2) is 23.7. The molecule has 20 heteroatoms. The van der Waals surface area contributed by atoms with Gasteiger partial charge in [0.1, 0.15) is 11.6 Å². The maximum atomic E-state index is 9.43. The first-order valence-corrected chi connectivity index (χ1v) is 31.5. The highest BCUT2D eigenvalue weighted by atomic mass is 16.5. The Balaban J connectivity index is 0.545. The Labute approximate surface area is 518 Å². The predicted molar refractivity (Wildman–Crippen MR) is 349 cm³/mol. The Bertz CT molecular complexity index is 4350. The van der Waals surface area contributed by atoms with Crippen LogP contribution in [0.15, 0.2) is 104 Å². The lowest BCUT2D eigenvalue weighted by atomic mass is 9.93. The molecule has 0 saturated carbocycles. The maximum absolute atomic E-state index is 9.43. The number of nitrogens with zero attached hydrogens (tertiary/aromatic N) is 19. The third-order valence-corrected chi connectivity index (χ3v) is 19.1. The molecule has 0 aliphatic carbocycles. The first-order valence-electron chi connectivity index (χ1n) is 31.5. The highest BCUT2D eigenvalue weighted by Crippen LogP contribution is 2.41. The molecule has 0 radical (unpaired) electrons. The fourth-order valence-corrected chi connectivity index (χ4v) is 13.8. The molecule has 20 nitrogen and oxygen atoms in total. The third kappa shape index (κ3) is 11.1. The SMILES string of the molecule is COc1nc(N2CC(c3nccnc3N3CCC(C#N)CC3)C2)nc2cc([N+]#CC3CCN(c4nccnc4C4CN(c5nc6cc([N+]#CC7CCN(c8nccnc8C8CN(c9cc(C)c%10ccc(C)cc%10n9)C8)CC7)ccc6cc5C)C4)CC3)ccc12. The number of aromatic nitrogens is 10. The first-order chi connectivity index (χ1) is 43.6. The van der Waals surface area contributed by atoms with E-state index in [1.165, 1.54) is 16.5 Å². The van der Waals surface area contributed by atoms with Crippen molar-refractivity contribution in [3.63, 3.8) is 0 Å². The largest absolute Gasteiger partial charge is 0.480 e. The van der Waals surface area contributed by atoms with Gasteiger partial charge in [0.05, 0.1) is 76.2 Å². The monoisotopic (exact) mass is 1180 g/mol. The molecule has 3 aromatic carbocycles. The molecule has 0 atom stereocenters. The van der Waals surface area contributed by atoms with E-state index in [9.17, 15) is 5.26 Å². The fourth-order valence-electron chi connectivity index (χ4n) is 13.8. The van der Waals surface area contributed by atoms with Crippen molar-refractivity contribution in [3.05, 3.63) is 147 Å². The summed E-state index contributed by atoms with van der Waals surface area (Å²) >= 11 is 0. The zero-order chi connectivity index (χ0) is 60.1. The molecule has 6 aliphatic rings. The fraction of sp³-hybridized carbons (Fsp3) is 0.406. The van der Waals surface area contributed by atoms with Gasteiger partial charge in [-0.2, -0.15) is 10.2 Å². The van der Waals surface area contributed by atoms with Crippen LogP contribution in [0, 0.1) is 62.0 Å². The van der Waals surface area contributed by atoms with E-state index in [4.69, 9.17) is 64.3 Å². The van der Waals surface area contributed by atoms with Gasteiger partial charge in [-0.25, -0.2) is 29.9 Å². The zero-order valence-corrected chi connectivity index (χ0v) is 50.9. The lowest BCUT2D eigenvalue weighted by molar-refractivity contribution is 0.400. The highest BCUT2D eigenvalue weighted by molar-refractivity contribution is 5.88. The van der Waals surface area contributed by atoms with Gasteiger partial charge in [-0.1, -0.05) is 12.1 Å². The molecule has 9 aromatic rings. The Morgan fingerprint density at radius 2 is 0.944 bits per heavy atom. The van der Waals surface area contributed by atoms with Crippen molar-refractivity contribution in [1.29, 1.82) is 5.26 Å². The van der Waals surface area contributed by atoms with E-state index in [0.717, 1.165) is 207 Å². The minimum atomic E-state index is 0.107. The molecule has 0 N–H and O–H groups in total. The third-order valence-electron chi connectivity index (χ3n) is 19.1. The van der Waals surface area contributed by atoms with Crippen molar-refractivity contribution >= 4 is 79.1 Å². The summed E-state index contributed by atoms with van der Waals surface area (Å²) in [5.41, 5.74) is 11.2. The lowest BCUT2D eigenvalue weighted by Gasteiger charge is -2.42.